The number of carbonyl (C=O) groups excluding carboxylic acids is 1. The highest BCUT2D eigenvalue weighted by atomic mass is 16.1. The molecule has 0 aliphatic heterocycles. The molecule has 0 radical (unpaired) electrons. The molecule has 25 heavy (non-hydrogen) atoms. The van der Waals surface area contributed by atoms with Gasteiger partial charge in [-0.05, 0) is 57.1 Å². The molecule has 136 valence electrons. The van der Waals surface area contributed by atoms with Crippen LogP contribution in [0.3, 0.4) is 0 Å². The number of amides is 1. The van der Waals surface area contributed by atoms with E-state index < -0.39 is 0 Å². The number of rotatable bonds is 4. The van der Waals surface area contributed by atoms with Crippen LogP contribution < -0.4 is 16.6 Å². The number of aromatic amines is 1. The Morgan fingerprint density at radius 3 is 2.68 bits per heavy atom. The number of aromatic nitrogens is 3. The van der Waals surface area contributed by atoms with E-state index in [2.05, 4.69) is 15.4 Å². The van der Waals surface area contributed by atoms with Crippen LogP contribution in [0, 0.1) is 13.8 Å². The number of fused-ring (bicyclic) bond motifs is 1. The summed E-state index contributed by atoms with van der Waals surface area (Å²) in [5.41, 5.74) is 9.21. The summed E-state index contributed by atoms with van der Waals surface area (Å²) in [5.74, 6) is 0.0568. The molecule has 1 amide bonds. The molecular formula is C18H27N5O2. The van der Waals surface area contributed by atoms with E-state index >= 15 is 0 Å². The minimum absolute atomic E-state index is 0.0568. The lowest BCUT2D eigenvalue weighted by atomic mass is 9.91. The molecule has 4 N–H and O–H groups in total. The van der Waals surface area contributed by atoms with Gasteiger partial charge in [0.25, 0.3) is 5.56 Å². The van der Waals surface area contributed by atoms with Crippen molar-refractivity contribution in [2.24, 2.45) is 12.8 Å². The summed E-state index contributed by atoms with van der Waals surface area (Å²) in [7, 11) is 1.78. The molecule has 1 saturated carbocycles. The Balaban J connectivity index is 1.70. The van der Waals surface area contributed by atoms with Gasteiger partial charge in [0.1, 0.15) is 0 Å². The smallest absolute Gasteiger partial charge is 0.273 e. The summed E-state index contributed by atoms with van der Waals surface area (Å²) >= 11 is 0. The van der Waals surface area contributed by atoms with Crippen molar-refractivity contribution in [1.82, 2.24) is 20.1 Å². The number of H-pyrrole nitrogens is 1. The SMILES string of the molecule is Cc1nc2c(c(C)c1CCC(=O)NC1CCC(N)CC1)c(=O)[nH]n2C. The highest BCUT2D eigenvalue weighted by molar-refractivity contribution is 5.81. The molecule has 1 aliphatic carbocycles. The lowest BCUT2D eigenvalue weighted by Gasteiger charge is -2.26. The first-order valence-electron chi connectivity index (χ1n) is 8.96. The van der Waals surface area contributed by atoms with Crippen molar-refractivity contribution in [1.29, 1.82) is 0 Å². The Labute approximate surface area is 147 Å². The first kappa shape index (κ1) is 17.7. The average Bonchev–Trinajstić information content (AvgIpc) is 2.83. The van der Waals surface area contributed by atoms with Gasteiger partial charge in [0.15, 0.2) is 5.65 Å². The number of nitrogens with zero attached hydrogens (tertiary/aromatic N) is 2. The van der Waals surface area contributed by atoms with E-state index in [1.165, 1.54) is 0 Å². The maximum absolute atomic E-state index is 12.3. The quantitative estimate of drug-likeness (QED) is 0.774. The molecule has 7 heteroatoms. The van der Waals surface area contributed by atoms with Gasteiger partial charge in [0.2, 0.25) is 5.91 Å². The van der Waals surface area contributed by atoms with E-state index in [1.54, 1.807) is 11.7 Å². The Bertz CT molecular complexity index is 843. The number of nitrogens with two attached hydrogens (primary N) is 1. The summed E-state index contributed by atoms with van der Waals surface area (Å²) in [6.07, 6.45) is 4.85. The van der Waals surface area contributed by atoms with Gasteiger partial charge in [-0.1, -0.05) is 0 Å². The predicted molar refractivity (Wildman–Crippen MR) is 97.5 cm³/mol. The van der Waals surface area contributed by atoms with E-state index in [0.29, 0.717) is 23.9 Å². The molecule has 7 nitrogen and oxygen atoms in total. The van der Waals surface area contributed by atoms with Crippen molar-refractivity contribution in [3.63, 3.8) is 0 Å². The number of hydrogen-bond acceptors (Lipinski definition) is 4. The highest BCUT2D eigenvalue weighted by Crippen LogP contribution is 2.21. The zero-order valence-electron chi connectivity index (χ0n) is 15.2. The van der Waals surface area contributed by atoms with Crippen molar-refractivity contribution in [2.75, 3.05) is 0 Å². The third-order valence-electron chi connectivity index (χ3n) is 5.31. The fourth-order valence-corrected chi connectivity index (χ4v) is 3.82. The Morgan fingerprint density at radius 2 is 2.00 bits per heavy atom. The van der Waals surface area contributed by atoms with Crippen LogP contribution in [0.4, 0.5) is 0 Å². The van der Waals surface area contributed by atoms with Crippen LogP contribution in [0.25, 0.3) is 11.0 Å². The van der Waals surface area contributed by atoms with Crippen molar-refractivity contribution in [2.45, 2.75) is 64.5 Å². The van der Waals surface area contributed by atoms with E-state index in [0.717, 1.165) is 42.5 Å². The molecule has 0 spiro atoms. The minimum Gasteiger partial charge on any atom is -0.353 e. The van der Waals surface area contributed by atoms with Crippen molar-refractivity contribution >= 4 is 16.9 Å². The lowest BCUT2D eigenvalue weighted by molar-refractivity contribution is -0.122. The van der Waals surface area contributed by atoms with Gasteiger partial charge in [0.05, 0.1) is 5.39 Å². The van der Waals surface area contributed by atoms with Crippen molar-refractivity contribution < 1.29 is 4.79 Å². The molecule has 2 aromatic heterocycles. The summed E-state index contributed by atoms with van der Waals surface area (Å²) in [6, 6.07) is 0.521. The molecule has 1 aliphatic rings. The summed E-state index contributed by atoms with van der Waals surface area (Å²) in [4.78, 5) is 28.9. The van der Waals surface area contributed by atoms with Crippen LogP contribution in [0.2, 0.25) is 0 Å². The maximum atomic E-state index is 12.3. The molecule has 0 aromatic carbocycles. The molecule has 0 atom stereocenters. The van der Waals surface area contributed by atoms with Crippen molar-refractivity contribution in [3.8, 4) is 0 Å². The van der Waals surface area contributed by atoms with E-state index in [9.17, 15) is 9.59 Å². The molecule has 2 aromatic rings. The Kier molecular flexibility index (Phi) is 4.94. The maximum Gasteiger partial charge on any atom is 0.273 e. The Morgan fingerprint density at radius 1 is 1.32 bits per heavy atom. The zero-order valence-corrected chi connectivity index (χ0v) is 15.2. The molecule has 2 heterocycles. The second-order valence-corrected chi connectivity index (χ2v) is 7.18. The van der Waals surface area contributed by atoms with Gasteiger partial charge in [0, 0.05) is 31.2 Å². The fraction of sp³-hybridized carbons (Fsp3) is 0.611. The Hall–Kier alpha value is -2.15. The summed E-state index contributed by atoms with van der Waals surface area (Å²) < 4.78 is 1.64. The van der Waals surface area contributed by atoms with Gasteiger partial charge >= 0.3 is 0 Å². The monoisotopic (exact) mass is 345 g/mol. The zero-order chi connectivity index (χ0) is 18.1. The normalized spacial score (nSPS) is 20.8. The van der Waals surface area contributed by atoms with Crippen LogP contribution in [-0.4, -0.2) is 32.8 Å². The molecular weight excluding hydrogens is 318 g/mol. The van der Waals surface area contributed by atoms with Crippen LogP contribution in [0.5, 0.6) is 0 Å². The van der Waals surface area contributed by atoms with Crippen molar-refractivity contribution in [3.05, 3.63) is 27.2 Å². The largest absolute Gasteiger partial charge is 0.353 e. The standard InChI is InChI=1S/C18H27N5O2/c1-10-14(11(2)20-17-16(10)18(25)22-23(17)3)8-9-15(24)21-13-6-4-12(19)5-7-13/h12-13H,4-9,19H2,1-3H3,(H,21,24)(H,22,25). The molecule has 1 fully saturated rings. The van der Waals surface area contributed by atoms with Gasteiger partial charge in [-0.25, -0.2) is 4.98 Å². The van der Waals surface area contributed by atoms with Gasteiger partial charge in [-0.3, -0.25) is 19.4 Å². The third kappa shape index (κ3) is 3.61. The van der Waals surface area contributed by atoms with Crippen LogP contribution in [0.1, 0.15) is 48.9 Å². The fourth-order valence-electron chi connectivity index (χ4n) is 3.82. The van der Waals surface area contributed by atoms with Gasteiger partial charge in [-0.2, -0.15) is 0 Å². The molecule has 3 rings (SSSR count). The van der Waals surface area contributed by atoms with E-state index in [1.807, 2.05) is 13.8 Å². The van der Waals surface area contributed by atoms with Crippen LogP contribution in [0.15, 0.2) is 4.79 Å². The highest BCUT2D eigenvalue weighted by Gasteiger charge is 2.21. The van der Waals surface area contributed by atoms with Crippen LogP contribution in [-0.2, 0) is 18.3 Å². The number of nitrogens with one attached hydrogen (secondary N) is 2. The second kappa shape index (κ2) is 7.00. The molecule has 0 bridgehead atoms. The van der Waals surface area contributed by atoms with E-state index in [-0.39, 0.29) is 23.6 Å². The van der Waals surface area contributed by atoms with Gasteiger partial charge in [-0.15, -0.1) is 0 Å². The minimum atomic E-state index is -0.133. The first-order chi connectivity index (χ1) is 11.9. The van der Waals surface area contributed by atoms with Crippen LogP contribution >= 0.6 is 0 Å². The van der Waals surface area contributed by atoms with E-state index in [4.69, 9.17) is 5.73 Å². The number of carbonyl (C=O) groups is 1. The predicted octanol–water partition coefficient (Wildman–Crippen LogP) is 1.20. The summed E-state index contributed by atoms with van der Waals surface area (Å²) in [5, 5.41) is 6.47. The van der Waals surface area contributed by atoms with Gasteiger partial charge < -0.3 is 11.1 Å². The third-order valence-corrected chi connectivity index (χ3v) is 5.31. The topological polar surface area (TPSA) is 106 Å². The molecule has 0 saturated heterocycles. The first-order valence-corrected chi connectivity index (χ1v) is 8.96. The number of pyridine rings is 1. The number of aryl methyl sites for hydroxylation is 3. The number of hydrogen-bond donors (Lipinski definition) is 3. The average molecular weight is 345 g/mol. The lowest BCUT2D eigenvalue weighted by Crippen LogP contribution is -2.40. The second-order valence-electron chi connectivity index (χ2n) is 7.18. The molecule has 0 unspecified atom stereocenters. The summed E-state index contributed by atoms with van der Waals surface area (Å²) in [6.45, 7) is 3.86.